The van der Waals surface area contributed by atoms with E-state index in [2.05, 4.69) is 10.3 Å². The van der Waals surface area contributed by atoms with E-state index in [0.29, 0.717) is 25.8 Å². The van der Waals surface area contributed by atoms with Crippen LogP contribution < -0.4 is 11.1 Å². The van der Waals surface area contributed by atoms with Crippen molar-refractivity contribution in [3.05, 3.63) is 71.9 Å². The summed E-state index contributed by atoms with van der Waals surface area (Å²) in [4.78, 5) is 27.6. The number of benzene rings is 2. The maximum Gasteiger partial charge on any atom is 0.254 e. The van der Waals surface area contributed by atoms with Gasteiger partial charge in [0.25, 0.3) is 5.91 Å². The molecule has 182 valence electrons. The van der Waals surface area contributed by atoms with E-state index in [1.54, 1.807) is 0 Å². The summed E-state index contributed by atoms with van der Waals surface area (Å²) in [5.41, 5.74) is 6.20. The number of carbonyl (C=O) groups excluding carboxylic acids is 2. The van der Waals surface area contributed by atoms with Gasteiger partial charge in [-0.1, -0.05) is 48.5 Å². The molecule has 3 rings (SSSR count). The molecule has 0 aliphatic heterocycles. The van der Waals surface area contributed by atoms with Gasteiger partial charge in [-0.3, -0.25) is 9.59 Å². The highest BCUT2D eigenvalue weighted by atomic mass is 19.1. The summed E-state index contributed by atoms with van der Waals surface area (Å²) in [6.45, 7) is 1.55. The molecule has 0 radical (unpaired) electrons. The zero-order chi connectivity index (χ0) is 24.6. The molecule has 0 fully saturated rings. The smallest absolute Gasteiger partial charge is 0.254 e. The lowest BCUT2D eigenvalue weighted by atomic mass is 9.88. The number of H-pyrrole nitrogens is 1. The number of aromatic nitrogens is 1. The number of halogens is 1. The van der Waals surface area contributed by atoms with Crippen LogP contribution in [0.5, 0.6) is 0 Å². The van der Waals surface area contributed by atoms with Gasteiger partial charge in [0.2, 0.25) is 5.91 Å². The summed E-state index contributed by atoms with van der Waals surface area (Å²) in [6.07, 6.45) is 3.17. The van der Waals surface area contributed by atoms with Crippen molar-refractivity contribution >= 4 is 22.7 Å². The monoisotopic (exact) mass is 467 g/mol. The minimum atomic E-state index is -2.20. The molecule has 0 spiro atoms. The largest absolute Gasteiger partial charge is 0.393 e. The highest BCUT2D eigenvalue weighted by Crippen LogP contribution is 2.25. The summed E-state index contributed by atoms with van der Waals surface area (Å²) in [5.74, 6) is -1.92. The molecule has 1 unspecified atom stereocenters. The topological polar surface area (TPSA) is 108 Å². The number of alkyl halides is 1. The summed E-state index contributed by atoms with van der Waals surface area (Å²) in [5, 5.41) is 14.6. The van der Waals surface area contributed by atoms with Gasteiger partial charge in [0.05, 0.1) is 6.10 Å². The van der Waals surface area contributed by atoms with Gasteiger partial charge in [-0.25, -0.2) is 4.39 Å². The van der Waals surface area contributed by atoms with Gasteiger partial charge in [-0.05, 0) is 62.6 Å². The molecule has 2 amide bonds. The van der Waals surface area contributed by atoms with Crippen LogP contribution in [0.15, 0.2) is 60.8 Å². The lowest BCUT2D eigenvalue weighted by molar-refractivity contribution is -0.131. The number of aliphatic hydroxyl groups excluding tert-OH is 1. The van der Waals surface area contributed by atoms with E-state index in [1.165, 1.54) is 0 Å². The summed E-state index contributed by atoms with van der Waals surface area (Å²) >= 11 is 0. The van der Waals surface area contributed by atoms with E-state index < -0.39 is 23.6 Å². The molecule has 0 saturated carbocycles. The van der Waals surface area contributed by atoms with Crippen LogP contribution in [-0.2, 0) is 22.4 Å². The predicted molar refractivity (Wildman–Crippen MR) is 132 cm³/mol. The molecule has 0 saturated heterocycles. The molecule has 3 aromatic rings. The number of rotatable bonds is 13. The molecule has 5 N–H and O–H groups in total. The Labute approximate surface area is 199 Å². The molecular weight excluding hydrogens is 433 g/mol. The van der Waals surface area contributed by atoms with Gasteiger partial charge < -0.3 is 21.1 Å². The van der Waals surface area contributed by atoms with Crippen LogP contribution in [0.4, 0.5) is 4.39 Å². The molecule has 0 bridgehead atoms. The predicted octanol–water partition coefficient (Wildman–Crippen LogP) is 3.82. The molecule has 1 aromatic heterocycles. The molecule has 7 heteroatoms. The highest BCUT2D eigenvalue weighted by molar-refractivity contribution is 5.84. The fourth-order valence-corrected chi connectivity index (χ4v) is 4.15. The van der Waals surface area contributed by atoms with Crippen molar-refractivity contribution < 1.29 is 19.1 Å². The Balaban J connectivity index is 1.57. The van der Waals surface area contributed by atoms with Crippen molar-refractivity contribution in [2.75, 3.05) is 6.54 Å². The molecule has 2 aromatic carbocycles. The third kappa shape index (κ3) is 7.15. The van der Waals surface area contributed by atoms with Crippen LogP contribution in [0.2, 0.25) is 0 Å². The van der Waals surface area contributed by atoms with Crippen molar-refractivity contribution in [1.82, 2.24) is 10.3 Å². The average molecular weight is 468 g/mol. The number of hydrogen-bond donors (Lipinski definition) is 4. The number of para-hydroxylation sites is 1. The average Bonchev–Trinajstić information content (AvgIpc) is 3.24. The van der Waals surface area contributed by atoms with Crippen LogP contribution in [-0.4, -0.2) is 40.2 Å². The van der Waals surface area contributed by atoms with E-state index in [1.807, 2.05) is 60.8 Å². The third-order valence-electron chi connectivity index (χ3n) is 6.38. The summed E-state index contributed by atoms with van der Waals surface area (Å²) < 4.78 is 14.5. The number of aryl methyl sites for hydroxylation is 1. The normalized spacial score (nSPS) is 14.9. The second kappa shape index (κ2) is 11.8. The quantitative estimate of drug-likeness (QED) is 0.307. The van der Waals surface area contributed by atoms with Crippen LogP contribution in [0.3, 0.4) is 0 Å². The molecule has 0 aliphatic carbocycles. The summed E-state index contributed by atoms with van der Waals surface area (Å²) in [7, 11) is 0. The van der Waals surface area contributed by atoms with Crippen molar-refractivity contribution in [3.8, 4) is 0 Å². The van der Waals surface area contributed by atoms with Gasteiger partial charge in [0.15, 0.2) is 5.67 Å². The van der Waals surface area contributed by atoms with Gasteiger partial charge in [0.1, 0.15) is 0 Å². The van der Waals surface area contributed by atoms with Gasteiger partial charge >= 0.3 is 0 Å². The number of amides is 2. The van der Waals surface area contributed by atoms with Crippen molar-refractivity contribution in [2.45, 2.75) is 57.2 Å². The molecular formula is C27H34FN3O3. The Morgan fingerprint density at radius 3 is 2.53 bits per heavy atom. The molecule has 0 aliphatic rings. The van der Waals surface area contributed by atoms with Gasteiger partial charge in [-0.15, -0.1) is 0 Å². The lowest BCUT2D eigenvalue weighted by Gasteiger charge is -2.23. The van der Waals surface area contributed by atoms with Gasteiger partial charge in [0, 0.05) is 29.6 Å². The molecule has 1 heterocycles. The zero-order valence-electron chi connectivity index (χ0n) is 19.6. The number of aromatic amines is 1. The van der Waals surface area contributed by atoms with Crippen molar-refractivity contribution in [2.24, 2.45) is 11.7 Å². The molecule has 6 nitrogen and oxygen atoms in total. The minimum absolute atomic E-state index is 0.122. The first-order valence-electron chi connectivity index (χ1n) is 11.8. The van der Waals surface area contributed by atoms with E-state index in [-0.39, 0.29) is 25.2 Å². The van der Waals surface area contributed by atoms with Crippen LogP contribution in [0.25, 0.3) is 10.9 Å². The van der Waals surface area contributed by atoms with E-state index in [0.717, 1.165) is 29.0 Å². The van der Waals surface area contributed by atoms with Crippen molar-refractivity contribution in [1.29, 1.82) is 0 Å². The zero-order valence-corrected chi connectivity index (χ0v) is 19.6. The number of fused-ring (bicyclic) bond motifs is 1. The van der Waals surface area contributed by atoms with E-state index in [9.17, 15) is 19.1 Å². The fourth-order valence-electron chi connectivity index (χ4n) is 4.15. The van der Waals surface area contributed by atoms with Crippen molar-refractivity contribution in [3.63, 3.8) is 0 Å². The van der Waals surface area contributed by atoms with Gasteiger partial charge in [-0.2, -0.15) is 0 Å². The number of primary amides is 1. The number of nitrogens with one attached hydrogen (secondary N) is 2. The number of hydrogen-bond acceptors (Lipinski definition) is 3. The number of aliphatic hydroxyl groups is 1. The minimum Gasteiger partial charge on any atom is -0.393 e. The highest BCUT2D eigenvalue weighted by Gasteiger charge is 2.33. The van der Waals surface area contributed by atoms with Crippen LogP contribution in [0, 0.1) is 5.92 Å². The fraction of sp³-hybridized carbons (Fsp3) is 0.407. The maximum absolute atomic E-state index is 14.5. The maximum atomic E-state index is 14.5. The Hall–Kier alpha value is -3.19. The number of carbonyl (C=O) groups is 2. The second-order valence-corrected chi connectivity index (χ2v) is 9.11. The Morgan fingerprint density at radius 1 is 1.09 bits per heavy atom. The standard InChI is InChI=1S/C27H34FN3O3/c1-27(28,26(29)34)15-13-20(17-22(32)12-11-19-7-3-2-4-8-19)25(33)30-16-14-21-18-31-24-10-6-5-9-23(21)24/h2-10,18,20,22,31-32H,11-17H2,1H3,(H2,29,34)(H,30,33)/t20-,22+,27?/m1/s1. The van der Waals surface area contributed by atoms with E-state index >= 15 is 0 Å². The summed E-state index contributed by atoms with van der Waals surface area (Å²) in [6, 6.07) is 17.8. The SMILES string of the molecule is CC(F)(CC[C@H](C[C@@H](O)CCc1ccccc1)C(=O)NCCc1c[nH]c2ccccc12)C(N)=O. The second-order valence-electron chi connectivity index (χ2n) is 9.11. The van der Waals surface area contributed by atoms with E-state index in [4.69, 9.17) is 5.73 Å². The first-order chi connectivity index (χ1) is 16.3. The molecule has 3 atom stereocenters. The molecule has 34 heavy (non-hydrogen) atoms. The van der Waals surface area contributed by atoms with Crippen LogP contribution >= 0.6 is 0 Å². The first-order valence-corrected chi connectivity index (χ1v) is 11.8. The van der Waals surface area contributed by atoms with Crippen LogP contribution in [0.1, 0.15) is 43.7 Å². The number of nitrogens with two attached hydrogens (primary N) is 1. The first kappa shape index (κ1) is 25.4. The Kier molecular flexibility index (Phi) is 8.82. The Bertz CT molecular complexity index is 1080. The lowest BCUT2D eigenvalue weighted by Crippen LogP contribution is -2.39. The Morgan fingerprint density at radius 2 is 1.79 bits per heavy atom. The third-order valence-corrected chi connectivity index (χ3v) is 6.38.